The Morgan fingerprint density at radius 1 is 1.24 bits per heavy atom. The van der Waals surface area contributed by atoms with Crippen molar-refractivity contribution < 1.29 is 14.3 Å². The molecular formula is C21H25IN4O3. The molecule has 3 atom stereocenters. The molecule has 8 heteroatoms. The minimum Gasteiger partial charge on any atom is -0.453 e. The zero-order chi connectivity index (χ0) is 20.4. The Balaban J connectivity index is 1.43. The van der Waals surface area contributed by atoms with Gasteiger partial charge in [-0.3, -0.25) is 4.79 Å². The highest BCUT2D eigenvalue weighted by Crippen LogP contribution is 2.36. The van der Waals surface area contributed by atoms with Crippen LogP contribution in [0.15, 0.2) is 30.5 Å². The van der Waals surface area contributed by atoms with Gasteiger partial charge in [-0.15, -0.1) is 0 Å². The highest BCUT2D eigenvalue weighted by Gasteiger charge is 2.39. The van der Waals surface area contributed by atoms with Gasteiger partial charge in [-0.05, 0) is 72.4 Å². The minimum atomic E-state index is -0.430. The minimum absolute atomic E-state index is 0.00675. The summed E-state index contributed by atoms with van der Waals surface area (Å²) in [7, 11) is 1.36. The second kappa shape index (κ2) is 8.73. The van der Waals surface area contributed by atoms with Crippen molar-refractivity contribution >= 4 is 34.6 Å². The molecule has 2 amide bonds. The second-order valence-corrected chi connectivity index (χ2v) is 8.97. The molecule has 1 aliphatic heterocycles. The number of nitrogens with one attached hydrogen (secondary N) is 2. The van der Waals surface area contributed by atoms with Crippen LogP contribution < -0.4 is 5.32 Å². The predicted molar refractivity (Wildman–Crippen MR) is 117 cm³/mol. The number of rotatable bonds is 4. The first-order valence-corrected chi connectivity index (χ1v) is 11.1. The summed E-state index contributed by atoms with van der Waals surface area (Å²) in [4.78, 5) is 34.6. The lowest BCUT2D eigenvalue weighted by Gasteiger charge is -2.26. The quantitative estimate of drug-likeness (QED) is 0.615. The van der Waals surface area contributed by atoms with Crippen LogP contribution in [0.1, 0.15) is 44.0 Å². The van der Waals surface area contributed by atoms with Crippen molar-refractivity contribution in [2.24, 2.45) is 5.92 Å². The van der Waals surface area contributed by atoms with Gasteiger partial charge in [0.15, 0.2) is 0 Å². The van der Waals surface area contributed by atoms with Crippen LogP contribution >= 0.6 is 22.6 Å². The molecule has 1 aliphatic carbocycles. The van der Waals surface area contributed by atoms with E-state index < -0.39 is 6.09 Å². The lowest BCUT2D eigenvalue weighted by atomic mass is 10.1. The van der Waals surface area contributed by atoms with Crippen molar-refractivity contribution in [2.75, 3.05) is 13.7 Å². The largest absolute Gasteiger partial charge is 0.453 e. The molecule has 1 aromatic heterocycles. The van der Waals surface area contributed by atoms with Crippen LogP contribution in [-0.4, -0.2) is 46.6 Å². The molecule has 2 N–H and O–H groups in total. The number of alkyl carbamates (subject to hydrolysis) is 1. The monoisotopic (exact) mass is 508 g/mol. The lowest BCUT2D eigenvalue weighted by Crippen LogP contribution is -2.37. The number of nitrogens with zero attached hydrogens (tertiary/aromatic N) is 2. The smallest absolute Gasteiger partial charge is 0.407 e. The van der Waals surface area contributed by atoms with Crippen LogP contribution in [0.4, 0.5) is 4.79 Å². The molecule has 2 fully saturated rings. The SMILES string of the molecule is COC(=O)N[C@@H]1CC[C@H](C(=O)N2CCC[C@H]2c2ncc(-c3ccc(I)cc3)[nH]2)C1. The fourth-order valence-electron chi connectivity index (χ4n) is 4.39. The number of ether oxygens (including phenoxy) is 1. The van der Waals surface area contributed by atoms with Gasteiger partial charge in [-0.1, -0.05) is 12.1 Å². The van der Waals surface area contributed by atoms with E-state index in [1.807, 2.05) is 11.1 Å². The molecule has 154 valence electrons. The maximum Gasteiger partial charge on any atom is 0.407 e. The third-order valence-corrected chi connectivity index (χ3v) is 6.61. The van der Waals surface area contributed by atoms with Gasteiger partial charge in [0.2, 0.25) is 5.91 Å². The number of hydrogen-bond acceptors (Lipinski definition) is 4. The van der Waals surface area contributed by atoms with Gasteiger partial charge in [0, 0.05) is 22.1 Å². The summed E-state index contributed by atoms with van der Waals surface area (Å²) >= 11 is 2.29. The summed E-state index contributed by atoms with van der Waals surface area (Å²) in [6.07, 6.45) is 5.59. The number of amides is 2. The maximum atomic E-state index is 13.2. The zero-order valence-corrected chi connectivity index (χ0v) is 18.5. The summed E-state index contributed by atoms with van der Waals surface area (Å²) < 4.78 is 5.86. The number of hydrogen-bond donors (Lipinski definition) is 2. The average Bonchev–Trinajstić information content (AvgIpc) is 3.47. The van der Waals surface area contributed by atoms with E-state index in [0.29, 0.717) is 6.42 Å². The molecule has 7 nitrogen and oxygen atoms in total. The summed E-state index contributed by atoms with van der Waals surface area (Å²) in [6, 6.07) is 8.29. The van der Waals surface area contributed by atoms with Crippen LogP contribution in [0.25, 0.3) is 11.3 Å². The van der Waals surface area contributed by atoms with Crippen LogP contribution in [0.5, 0.6) is 0 Å². The Hall–Kier alpha value is -2.10. The molecule has 0 bridgehead atoms. The summed E-state index contributed by atoms with van der Waals surface area (Å²) in [5, 5.41) is 2.82. The number of aromatic amines is 1. The topological polar surface area (TPSA) is 87.3 Å². The third kappa shape index (κ3) is 4.41. The van der Waals surface area contributed by atoms with Gasteiger partial charge in [0.25, 0.3) is 0 Å². The summed E-state index contributed by atoms with van der Waals surface area (Å²) in [5.74, 6) is 0.976. The summed E-state index contributed by atoms with van der Waals surface area (Å²) in [6.45, 7) is 0.759. The first-order valence-electron chi connectivity index (χ1n) is 10.0. The van der Waals surface area contributed by atoms with E-state index in [4.69, 9.17) is 0 Å². The average molecular weight is 508 g/mol. The first kappa shape index (κ1) is 20.2. The van der Waals surface area contributed by atoms with Crippen LogP contribution in [-0.2, 0) is 9.53 Å². The first-order chi connectivity index (χ1) is 14.0. The predicted octanol–water partition coefficient (Wildman–Crippen LogP) is 3.87. The number of halogens is 1. The highest BCUT2D eigenvalue weighted by molar-refractivity contribution is 14.1. The van der Waals surface area contributed by atoms with Gasteiger partial charge in [-0.2, -0.15) is 0 Å². The Morgan fingerprint density at radius 2 is 2.03 bits per heavy atom. The molecule has 0 unspecified atom stereocenters. The van der Waals surface area contributed by atoms with Gasteiger partial charge < -0.3 is 19.9 Å². The molecule has 29 heavy (non-hydrogen) atoms. The van der Waals surface area contributed by atoms with Crippen molar-refractivity contribution in [2.45, 2.75) is 44.2 Å². The van der Waals surface area contributed by atoms with Crippen LogP contribution in [0, 0.1) is 9.49 Å². The molecule has 2 aromatic rings. The van der Waals surface area contributed by atoms with Crippen molar-refractivity contribution in [3.8, 4) is 11.3 Å². The van der Waals surface area contributed by atoms with Crippen LogP contribution in [0.3, 0.4) is 0 Å². The molecule has 2 heterocycles. The molecule has 0 spiro atoms. The van der Waals surface area contributed by atoms with Crippen LogP contribution in [0.2, 0.25) is 0 Å². The van der Waals surface area contributed by atoms with Crippen molar-refractivity contribution in [3.63, 3.8) is 0 Å². The number of carbonyl (C=O) groups is 2. The molecule has 2 aliphatic rings. The Kier molecular flexibility index (Phi) is 6.07. The van der Waals surface area contributed by atoms with E-state index in [1.54, 1.807) is 0 Å². The van der Waals surface area contributed by atoms with Gasteiger partial charge in [-0.25, -0.2) is 9.78 Å². The Morgan fingerprint density at radius 3 is 2.79 bits per heavy atom. The molecule has 0 radical (unpaired) electrons. The number of benzene rings is 1. The summed E-state index contributed by atoms with van der Waals surface area (Å²) in [5.41, 5.74) is 2.06. The standard InChI is InChI=1S/C21H25IN4O3/c1-29-21(28)24-16-9-6-14(11-16)20(27)26-10-2-3-18(26)19-23-12-17(25-19)13-4-7-15(22)8-5-13/h4-5,7-8,12,14,16,18H,2-3,6,9-11H2,1H3,(H,23,25)(H,24,28)/t14-,16+,18-/m0/s1. The number of methoxy groups -OCH3 is 1. The number of likely N-dealkylation sites (tertiary alicyclic amines) is 1. The fraction of sp³-hybridized carbons (Fsp3) is 0.476. The number of H-pyrrole nitrogens is 1. The van der Waals surface area contributed by atoms with Crippen molar-refractivity contribution in [1.82, 2.24) is 20.2 Å². The van der Waals surface area contributed by atoms with E-state index in [-0.39, 0.29) is 23.9 Å². The highest BCUT2D eigenvalue weighted by atomic mass is 127. The van der Waals surface area contributed by atoms with Gasteiger partial charge in [0.05, 0.1) is 25.0 Å². The number of imidazole rings is 1. The molecule has 1 saturated heterocycles. The lowest BCUT2D eigenvalue weighted by molar-refractivity contribution is -0.136. The van der Waals surface area contributed by atoms with Gasteiger partial charge >= 0.3 is 6.09 Å². The number of carbonyl (C=O) groups excluding carboxylic acids is 2. The van der Waals surface area contributed by atoms with Gasteiger partial charge in [0.1, 0.15) is 5.82 Å². The Labute approximate surface area is 183 Å². The molecule has 1 aromatic carbocycles. The number of aromatic nitrogens is 2. The van der Waals surface area contributed by atoms with Crippen molar-refractivity contribution in [3.05, 3.63) is 39.9 Å². The second-order valence-electron chi connectivity index (χ2n) is 7.72. The zero-order valence-electron chi connectivity index (χ0n) is 16.4. The van der Waals surface area contributed by atoms with E-state index in [0.717, 1.165) is 49.3 Å². The maximum absolute atomic E-state index is 13.2. The van der Waals surface area contributed by atoms with E-state index in [1.165, 1.54) is 10.7 Å². The molecular weight excluding hydrogens is 483 g/mol. The molecule has 4 rings (SSSR count). The van der Waals surface area contributed by atoms with E-state index >= 15 is 0 Å². The Bertz CT molecular complexity index is 882. The molecule has 1 saturated carbocycles. The van der Waals surface area contributed by atoms with Crippen molar-refractivity contribution in [1.29, 1.82) is 0 Å². The van der Waals surface area contributed by atoms with E-state index in [2.05, 4.69) is 66.9 Å². The van der Waals surface area contributed by atoms with E-state index in [9.17, 15) is 9.59 Å². The fourth-order valence-corrected chi connectivity index (χ4v) is 4.75. The normalized spacial score (nSPS) is 23.9. The third-order valence-electron chi connectivity index (χ3n) is 5.89.